The number of rotatable bonds is 16. The summed E-state index contributed by atoms with van der Waals surface area (Å²) in [7, 11) is 0. The van der Waals surface area contributed by atoms with Crippen LogP contribution in [-0.2, 0) is 9.59 Å². The van der Waals surface area contributed by atoms with Crippen molar-refractivity contribution in [3.05, 3.63) is 0 Å². The van der Waals surface area contributed by atoms with E-state index in [-0.39, 0.29) is 12.3 Å². The topological polar surface area (TPSA) is 74.6 Å². The Morgan fingerprint density at radius 2 is 1.18 bits per heavy atom. The van der Waals surface area contributed by atoms with Crippen LogP contribution in [0.2, 0.25) is 0 Å². The summed E-state index contributed by atoms with van der Waals surface area (Å²) in [5.41, 5.74) is 0. The average Bonchev–Trinajstić information content (AvgIpc) is 2.46. The first kappa shape index (κ1) is 20.9. The van der Waals surface area contributed by atoms with Crippen molar-refractivity contribution >= 4 is 11.9 Å². The number of hydrogen-bond donors (Lipinski definition) is 2. The van der Waals surface area contributed by atoms with E-state index in [9.17, 15) is 14.7 Å². The zero-order chi connectivity index (χ0) is 16.6. The van der Waals surface area contributed by atoms with Gasteiger partial charge in [0.25, 0.3) is 0 Å². The van der Waals surface area contributed by atoms with E-state index in [1.165, 1.54) is 19.3 Å². The van der Waals surface area contributed by atoms with Crippen LogP contribution < -0.4 is 0 Å². The third-order valence-electron chi connectivity index (χ3n) is 4.20. The van der Waals surface area contributed by atoms with Crippen molar-refractivity contribution in [3.63, 3.8) is 0 Å². The highest BCUT2D eigenvalue weighted by molar-refractivity contribution is 5.69. The number of carbonyl (C=O) groups is 2. The Balaban J connectivity index is 3.42. The summed E-state index contributed by atoms with van der Waals surface area (Å²) in [4.78, 5) is 21.5. The maximum Gasteiger partial charge on any atom is 0.306 e. The van der Waals surface area contributed by atoms with Gasteiger partial charge in [0, 0.05) is 6.42 Å². The summed E-state index contributed by atoms with van der Waals surface area (Å²) in [6.07, 6.45) is 13.8. The molecular formula is C18H34O4. The molecule has 0 aliphatic heterocycles. The zero-order valence-electron chi connectivity index (χ0n) is 14.2. The van der Waals surface area contributed by atoms with E-state index in [4.69, 9.17) is 5.11 Å². The lowest BCUT2D eigenvalue weighted by atomic mass is 9.94. The lowest BCUT2D eigenvalue weighted by molar-refractivity contribution is -0.142. The van der Waals surface area contributed by atoms with Gasteiger partial charge in [0.1, 0.15) is 0 Å². The SMILES string of the molecule is CCCCCC(CCCCCCCCCCC(=O)O)C(=O)O. The molecule has 1 atom stereocenters. The Morgan fingerprint density at radius 3 is 1.64 bits per heavy atom. The van der Waals surface area contributed by atoms with Gasteiger partial charge in [-0.05, 0) is 19.3 Å². The molecule has 0 aliphatic rings. The average molecular weight is 314 g/mol. The monoisotopic (exact) mass is 314 g/mol. The molecule has 2 N–H and O–H groups in total. The molecule has 0 amide bonds. The van der Waals surface area contributed by atoms with Crippen LogP contribution in [0.25, 0.3) is 0 Å². The van der Waals surface area contributed by atoms with Crippen molar-refractivity contribution in [2.45, 2.75) is 96.8 Å². The van der Waals surface area contributed by atoms with Crippen molar-refractivity contribution in [2.24, 2.45) is 5.92 Å². The standard InChI is InChI=1S/C18H34O4/c1-2-3-10-13-16(18(21)22)14-11-8-6-4-5-7-9-12-15-17(19)20/h16H,2-15H2,1H3,(H,19,20)(H,21,22). The molecule has 0 rings (SSSR count). The van der Waals surface area contributed by atoms with E-state index in [2.05, 4.69) is 6.92 Å². The molecule has 0 aromatic heterocycles. The van der Waals surface area contributed by atoms with Crippen LogP contribution in [0.5, 0.6) is 0 Å². The minimum atomic E-state index is -0.702. The van der Waals surface area contributed by atoms with Gasteiger partial charge < -0.3 is 10.2 Å². The minimum absolute atomic E-state index is 0.150. The summed E-state index contributed by atoms with van der Waals surface area (Å²) in [5.74, 6) is -1.48. The van der Waals surface area contributed by atoms with Crippen LogP contribution in [0.1, 0.15) is 96.8 Å². The Bertz CT molecular complexity index is 289. The fraction of sp³-hybridized carbons (Fsp3) is 0.889. The molecule has 22 heavy (non-hydrogen) atoms. The predicted molar refractivity (Wildman–Crippen MR) is 89.1 cm³/mol. The first-order valence-electron chi connectivity index (χ1n) is 9.02. The highest BCUT2D eigenvalue weighted by atomic mass is 16.4. The first-order valence-corrected chi connectivity index (χ1v) is 9.02. The maximum atomic E-state index is 11.2. The highest BCUT2D eigenvalue weighted by Crippen LogP contribution is 2.19. The van der Waals surface area contributed by atoms with Gasteiger partial charge in [-0.25, -0.2) is 0 Å². The van der Waals surface area contributed by atoms with Crippen molar-refractivity contribution in [1.82, 2.24) is 0 Å². The molecule has 0 bridgehead atoms. The zero-order valence-corrected chi connectivity index (χ0v) is 14.2. The molecule has 0 aromatic rings. The van der Waals surface area contributed by atoms with E-state index in [1.54, 1.807) is 0 Å². The molecule has 0 spiro atoms. The van der Waals surface area contributed by atoms with Crippen LogP contribution >= 0.6 is 0 Å². The van der Waals surface area contributed by atoms with Gasteiger partial charge in [-0.3, -0.25) is 9.59 Å². The fourth-order valence-electron chi connectivity index (χ4n) is 2.76. The molecule has 0 aliphatic carbocycles. The molecule has 0 heterocycles. The molecule has 4 heteroatoms. The fourth-order valence-corrected chi connectivity index (χ4v) is 2.76. The lowest BCUT2D eigenvalue weighted by Gasteiger charge is -2.11. The third-order valence-corrected chi connectivity index (χ3v) is 4.20. The van der Waals surface area contributed by atoms with E-state index >= 15 is 0 Å². The normalized spacial score (nSPS) is 12.2. The Hall–Kier alpha value is -1.06. The van der Waals surface area contributed by atoms with Crippen molar-refractivity contribution in [2.75, 3.05) is 0 Å². The second-order valence-electron chi connectivity index (χ2n) is 6.29. The number of carboxylic acids is 2. The molecule has 0 saturated carbocycles. The molecule has 4 nitrogen and oxygen atoms in total. The highest BCUT2D eigenvalue weighted by Gasteiger charge is 2.15. The predicted octanol–water partition coefficient (Wildman–Crippen LogP) is 5.25. The Labute approximate surface area is 135 Å². The second kappa shape index (κ2) is 14.9. The van der Waals surface area contributed by atoms with Gasteiger partial charge in [-0.15, -0.1) is 0 Å². The molecule has 0 saturated heterocycles. The summed E-state index contributed by atoms with van der Waals surface area (Å²) >= 11 is 0. The van der Waals surface area contributed by atoms with Gasteiger partial charge in [0.05, 0.1) is 5.92 Å². The van der Waals surface area contributed by atoms with Crippen molar-refractivity contribution < 1.29 is 19.8 Å². The number of carboxylic acid groups (broad SMARTS) is 2. The van der Waals surface area contributed by atoms with Crippen LogP contribution in [0.4, 0.5) is 0 Å². The minimum Gasteiger partial charge on any atom is -0.481 e. The van der Waals surface area contributed by atoms with Gasteiger partial charge in [-0.2, -0.15) is 0 Å². The smallest absolute Gasteiger partial charge is 0.306 e. The van der Waals surface area contributed by atoms with Crippen LogP contribution in [0, 0.1) is 5.92 Å². The molecule has 130 valence electrons. The molecule has 0 radical (unpaired) electrons. The first-order chi connectivity index (χ1) is 10.6. The van der Waals surface area contributed by atoms with Crippen molar-refractivity contribution in [3.8, 4) is 0 Å². The summed E-state index contributed by atoms with van der Waals surface area (Å²) in [6.45, 7) is 2.14. The lowest BCUT2D eigenvalue weighted by Crippen LogP contribution is -2.13. The number of hydrogen-bond acceptors (Lipinski definition) is 2. The largest absolute Gasteiger partial charge is 0.481 e. The van der Waals surface area contributed by atoms with E-state index < -0.39 is 11.9 Å². The van der Waals surface area contributed by atoms with E-state index in [1.807, 2.05) is 0 Å². The van der Waals surface area contributed by atoms with Crippen LogP contribution in [0.15, 0.2) is 0 Å². The summed E-state index contributed by atoms with van der Waals surface area (Å²) in [6, 6.07) is 0. The van der Waals surface area contributed by atoms with Gasteiger partial charge in [0.2, 0.25) is 0 Å². The van der Waals surface area contributed by atoms with E-state index in [0.29, 0.717) is 0 Å². The van der Waals surface area contributed by atoms with Gasteiger partial charge >= 0.3 is 11.9 Å². The van der Waals surface area contributed by atoms with Crippen LogP contribution in [0.3, 0.4) is 0 Å². The Kier molecular flexibility index (Phi) is 14.1. The van der Waals surface area contributed by atoms with Crippen molar-refractivity contribution in [1.29, 1.82) is 0 Å². The quantitative estimate of drug-likeness (QED) is 0.381. The van der Waals surface area contributed by atoms with Crippen LogP contribution in [-0.4, -0.2) is 22.2 Å². The molecule has 1 unspecified atom stereocenters. The molecule has 0 aromatic carbocycles. The summed E-state index contributed by atoms with van der Waals surface area (Å²) in [5, 5.41) is 17.7. The Morgan fingerprint density at radius 1 is 0.727 bits per heavy atom. The number of aliphatic carboxylic acids is 2. The molecular weight excluding hydrogens is 280 g/mol. The second-order valence-corrected chi connectivity index (χ2v) is 6.29. The van der Waals surface area contributed by atoms with Gasteiger partial charge in [-0.1, -0.05) is 71.1 Å². The van der Waals surface area contributed by atoms with E-state index in [0.717, 1.165) is 64.2 Å². The maximum absolute atomic E-state index is 11.2. The third kappa shape index (κ3) is 13.9. The number of unbranched alkanes of at least 4 members (excludes halogenated alkanes) is 9. The summed E-state index contributed by atoms with van der Waals surface area (Å²) < 4.78 is 0. The van der Waals surface area contributed by atoms with Gasteiger partial charge in [0.15, 0.2) is 0 Å². The molecule has 0 fully saturated rings.